The molecule has 7 heteroatoms. The van der Waals surface area contributed by atoms with Gasteiger partial charge in [0, 0.05) is 17.2 Å². The van der Waals surface area contributed by atoms with E-state index in [-0.39, 0.29) is 15.4 Å². The maximum Gasteiger partial charge on any atom is 0.211 e. The van der Waals surface area contributed by atoms with Gasteiger partial charge in [0.05, 0.1) is 10.3 Å². The molecule has 1 atom stereocenters. The van der Waals surface area contributed by atoms with Crippen LogP contribution in [0.15, 0.2) is 76.6 Å². The summed E-state index contributed by atoms with van der Waals surface area (Å²) >= 11 is 0. The zero-order valence-electron chi connectivity index (χ0n) is 16.9. The van der Waals surface area contributed by atoms with Crippen molar-refractivity contribution in [1.29, 1.82) is 0 Å². The predicted molar refractivity (Wildman–Crippen MR) is 113 cm³/mol. The fraction of sp³-hybridized carbons (Fsp3) is 0.217. The van der Waals surface area contributed by atoms with Crippen LogP contribution in [0.3, 0.4) is 0 Å². The second kappa shape index (κ2) is 7.12. The van der Waals surface area contributed by atoms with Crippen LogP contribution in [0.2, 0.25) is 0 Å². The molecule has 2 aliphatic rings. The fourth-order valence-corrected chi connectivity index (χ4v) is 5.93. The molecule has 1 N–H and O–H groups in total. The summed E-state index contributed by atoms with van der Waals surface area (Å²) in [6, 6.07) is 14.1. The minimum Gasteiger partial charge on any atom is -0.288 e. The number of nitrogens with zero attached hydrogens (tertiary/aromatic N) is 1. The number of para-hydroxylation sites is 1. The van der Waals surface area contributed by atoms with Crippen molar-refractivity contribution in [3.63, 3.8) is 0 Å². The van der Waals surface area contributed by atoms with Crippen molar-refractivity contribution in [2.24, 2.45) is 0 Å². The number of ketones is 1. The van der Waals surface area contributed by atoms with Crippen molar-refractivity contribution in [3.8, 4) is 0 Å². The maximum absolute atomic E-state index is 12.7. The topological polar surface area (TPSA) is 83.7 Å². The molecule has 0 amide bonds. The van der Waals surface area contributed by atoms with Crippen molar-refractivity contribution in [1.82, 2.24) is 0 Å². The van der Waals surface area contributed by atoms with Crippen LogP contribution in [0.25, 0.3) is 0 Å². The number of rotatable bonds is 4. The molecule has 0 spiro atoms. The second-order valence-corrected chi connectivity index (χ2v) is 9.74. The first-order valence-electron chi connectivity index (χ1n) is 9.49. The molecule has 0 aliphatic carbocycles. The van der Waals surface area contributed by atoms with Crippen molar-refractivity contribution >= 4 is 27.0 Å². The van der Waals surface area contributed by atoms with Gasteiger partial charge in [-0.2, -0.15) is 4.58 Å². The average molecular weight is 424 g/mol. The summed E-state index contributed by atoms with van der Waals surface area (Å²) in [4.78, 5) is 17.0. The molecule has 1 unspecified atom stereocenters. The van der Waals surface area contributed by atoms with Crippen LogP contribution in [0.4, 0.5) is 5.69 Å². The Hall–Kier alpha value is -2.87. The van der Waals surface area contributed by atoms with Crippen molar-refractivity contribution in [3.05, 3.63) is 82.8 Å². The summed E-state index contributed by atoms with van der Waals surface area (Å²) in [7, 11) is -1.97. The summed E-state index contributed by atoms with van der Waals surface area (Å²) in [6.07, 6.45) is 3.42. The lowest BCUT2D eigenvalue weighted by atomic mass is 9.79. The van der Waals surface area contributed by atoms with Crippen molar-refractivity contribution < 1.29 is 27.9 Å². The first-order valence-corrected chi connectivity index (χ1v) is 11.0. The molecular formula is C23H22NO5S+. The molecular weight excluding hydrogens is 402 g/mol. The van der Waals surface area contributed by atoms with E-state index >= 15 is 0 Å². The van der Waals surface area contributed by atoms with Gasteiger partial charge in [0.15, 0.2) is 6.10 Å². The Morgan fingerprint density at radius 3 is 2.43 bits per heavy atom. The quantitative estimate of drug-likeness (QED) is 0.350. The highest BCUT2D eigenvalue weighted by Crippen LogP contribution is 2.40. The molecule has 0 radical (unpaired) electrons. The number of hydrogen-bond donors (Lipinski definition) is 1. The lowest BCUT2D eigenvalue weighted by molar-refractivity contribution is -0.410. The van der Waals surface area contributed by atoms with Crippen LogP contribution in [0, 0.1) is 0 Å². The molecule has 6 nitrogen and oxygen atoms in total. The molecule has 0 saturated heterocycles. The smallest absolute Gasteiger partial charge is 0.211 e. The van der Waals surface area contributed by atoms with E-state index in [2.05, 4.69) is 0 Å². The van der Waals surface area contributed by atoms with E-state index in [1.54, 1.807) is 12.1 Å². The number of sulfone groups is 1. The van der Waals surface area contributed by atoms with E-state index in [9.17, 15) is 18.5 Å². The molecule has 4 rings (SSSR count). The van der Waals surface area contributed by atoms with Crippen LogP contribution in [-0.2, 0) is 20.1 Å². The minimum absolute atomic E-state index is 0.0195. The highest BCUT2D eigenvalue weighted by molar-refractivity contribution is 7.97. The largest absolute Gasteiger partial charge is 0.288 e. The van der Waals surface area contributed by atoms with Gasteiger partial charge in [-0.05, 0) is 38.1 Å². The van der Waals surface area contributed by atoms with Gasteiger partial charge in [-0.25, -0.2) is 13.3 Å². The van der Waals surface area contributed by atoms with Crippen LogP contribution >= 0.6 is 0 Å². The highest BCUT2D eigenvalue weighted by atomic mass is 32.2. The van der Waals surface area contributed by atoms with Crippen molar-refractivity contribution in [2.45, 2.75) is 30.3 Å². The van der Waals surface area contributed by atoms with E-state index in [4.69, 9.17) is 4.89 Å². The molecule has 0 aromatic heterocycles. The second-order valence-electron chi connectivity index (χ2n) is 7.86. The van der Waals surface area contributed by atoms with Crippen LogP contribution < -0.4 is 0 Å². The third kappa shape index (κ3) is 2.89. The standard InChI is InChI=1S/C23H21NO5S/c1-23(2)16-10-5-6-11-17(16)24(3)22(23)18(29-26)12-8-14-20-21(25)15-9-4-7-13-19(15)30(20,27)28/h4-14,18H,1-3H3/p+1/b12-8+,20-14-. The third-order valence-corrected chi connectivity index (χ3v) is 7.63. The molecule has 0 saturated carbocycles. The van der Waals surface area contributed by atoms with Crippen LogP contribution in [0.1, 0.15) is 29.8 Å². The number of Topliss-reactive ketones (excluding diaryl/α,β-unsaturated/α-hetero) is 1. The van der Waals surface area contributed by atoms with E-state index < -0.39 is 27.1 Å². The van der Waals surface area contributed by atoms with Crippen LogP contribution in [-0.4, -0.2) is 42.9 Å². The zero-order chi connectivity index (χ0) is 21.7. The number of allylic oxidation sites excluding steroid dienone is 3. The Balaban J connectivity index is 1.70. The number of fused-ring (bicyclic) bond motifs is 2. The SMILES string of the molecule is C[N+]1=C(C(/C=C/C=C2/C(=O)c3ccccc3S2(=O)=O)OO)C(C)(C)c2ccccc21. The van der Waals surface area contributed by atoms with Crippen LogP contribution in [0.5, 0.6) is 0 Å². The Bertz CT molecular complexity index is 1250. The summed E-state index contributed by atoms with van der Waals surface area (Å²) < 4.78 is 27.3. The number of benzene rings is 2. The average Bonchev–Trinajstić information content (AvgIpc) is 3.05. The van der Waals surface area contributed by atoms with Crippen molar-refractivity contribution in [2.75, 3.05) is 7.05 Å². The Labute approximate surface area is 175 Å². The number of carbonyl (C=O) groups is 1. The minimum atomic E-state index is -3.86. The predicted octanol–water partition coefficient (Wildman–Crippen LogP) is 3.66. The zero-order valence-corrected chi connectivity index (χ0v) is 17.7. The van der Waals surface area contributed by atoms with Gasteiger partial charge in [-0.3, -0.25) is 10.1 Å². The van der Waals surface area contributed by atoms with Gasteiger partial charge in [0.1, 0.15) is 12.0 Å². The molecule has 0 fully saturated rings. The summed E-state index contributed by atoms with van der Waals surface area (Å²) in [5.74, 6) is -0.532. The van der Waals surface area contributed by atoms with Gasteiger partial charge in [-0.1, -0.05) is 36.4 Å². The van der Waals surface area contributed by atoms with E-state index in [1.165, 1.54) is 30.4 Å². The first-order chi connectivity index (χ1) is 14.2. The van der Waals surface area contributed by atoms with Gasteiger partial charge < -0.3 is 0 Å². The van der Waals surface area contributed by atoms with E-state index in [0.29, 0.717) is 0 Å². The Kier molecular flexibility index (Phi) is 4.85. The Morgan fingerprint density at radius 1 is 1.10 bits per heavy atom. The fourth-order valence-electron chi connectivity index (χ4n) is 4.38. The normalized spacial score (nSPS) is 21.3. The molecule has 2 heterocycles. The number of hydrogen-bond acceptors (Lipinski definition) is 5. The molecule has 2 aromatic rings. The van der Waals surface area contributed by atoms with Gasteiger partial charge in [0.2, 0.25) is 27.0 Å². The van der Waals surface area contributed by atoms with Gasteiger partial charge >= 0.3 is 0 Å². The van der Waals surface area contributed by atoms with E-state index in [0.717, 1.165) is 17.0 Å². The lowest BCUT2D eigenvalue weighted by Gasteiger charge is -2.20. The summed E-state index contributed by atoms with van der Waals surface area (Å²) in [6.45, 7) is 4.06. The molecule has 30 heavy (non-hydrogen) atoms. The first kappa shape index (κ1) is 20.4. The van der Waals surface area contributed by atoms with E-state index in [1.807, 2.05) is 49.7 Å². The lowest BCUT2D eigenvalue weighted by Crippen LogP contribution is -2.38. The summed E-state index contributed by atoms with van der Waals surface area (Å²) in [5.41, 5.74) is 2.66. The summed E-state index contributed by atoms with van der Waals surface area (Å²) in [5, 5.41) is 9.60. The van der Waals surface area contributed by atoms with Gasteiger partial charge in [0.25, 0.3) is 0 Å². The highest BCUT2D eigenvalue weighted by Gasteiger charge is 2.48. The molecule has 2 aliphatic heterocycles. The Morgan fingerprint density at radius 2 is 1.77 bits per heavy atom. The molecule has 154 valence electrons. The number of carbonyl (C=O) groups excluding carboxylic acids is 1. The maximum atomic E-state index is 12.7. The molecule has 0 bridgehead atoms. The monoisotopic (exact) mass is 424 g/mol. The molecule has 2 aromatic carbocycles. The van der Waals surface area contributed by atoms with Gasteiger partial charge in [-0.15, -0.1) is 0 Å². The third-order valence-electron chi connectivity index (χ3n) is 5.79.